The minimum absolute atomic E-state index is 0.489. The third-order valence-corrected chi connectivity index (χ3v) is 3.31. The van der Waals surface area contributed by atoms with Gasteiger partial charge in [0.15, 0.2) is 11.5 Å². The third-order valence-electron chi connectivity index (χ3n) is 2.96. The summed E-state index contributed by atoms with van der Waals surface area (Å²) in [5.41, 5.74) is 0.875. The van der Waals surface area contributed by atoms with Gasteiger partial charge in [-0.15, -0.1) is 0 Å². The summed E-state index contributed by atoms with van der Waals surface area (Å²) in [7, 11) is 3.16. The lowest BCUT2D eigenvalue weighted by molar-refractivity contribution is 0.354. The van der Waals surface area contributed by atoms with Gasteiger partial charge in [0.2, 0.25) is 5.95 Å². The zero-order chi connectivity index (χ0) is 15.2. The lowest BCUT2D eigenvalue weighted by atomic mass is 10.2. The predicted octanol–water partition coefficient (Wildman–Crippen LogP) is 2.37. The molecule has 0 aliphatic heterocycles. The number of ether oxygens (including phenoxy) is 2. The number of nitrogens with one attached hydrogen (secondary N) is 1. The number of aromatic nitrogens is 4. The molecular weight excluding hydrogens is 294 g/mol. The topological polar surface area (TPSA) is 74.1 Å². The number of benzene rings is 1. The molecule has 0 aliphatic carbocycles. The number of tetrazole rings is 1. The summed E-state index contributed by atoms with van der Waals surface area (Å²) in [6.07, 6.45) is 0.955. The van der Waals surface area contributed by atoms with Crippen LogP contribution in [-0.4, -0.2) is 34.4 Å². The highest BCUT2D eigenvalue weighted by Gasteiger charge is 2.11. The van der Waals surface area contributed by atoms with Crippen molar-refractivity contribution in [2.45, 2.75) is 26.4 Å². The highest BCUT2D eigenvalue weighted by Crippen LogP contribution is 2.33. The molecule has 8 heteroatoms. The molecule has 0 saturated carbocycles. The number of hydrogen-bond donors (Lipinski definition) is 1. The normalized spacial score (nSPS) is 10.5. The summed E-state index contributed by atoms with van der Waals surface area (Å²) in [5.74, 6) is 1.84. The SMILES string of the molecule is CCCn1nnnc1NCc1cc(OC)c(OC)cc1Cl. The number of aryl methyl sites for hydroxylation is 1. The summed E-state index contributed by atoms with van der Waals surface area (Å²) in [5, 5.41) is 15.3. The van der Waals surface area contributed by atoms with Gasteiger partial charge in [-0.25, -0.2) is 4.68 Å². The van der Waals surface area contributed by atoms with E-state index < -0.39 is 0 Å². The van der Waals surface area contributed by atoms with Gasteiger partial charge in [0.1, 0.15) is 0 Å². The summed E-state index contributed by atoms with van der Waals surface area (Å²) in [4.78, 5) is 0. The average molecular weight is 312 g/mol. The van der Waals surface area contributed by atoms with E-state index >= 15 is 0 Å². The van der Waals surface area contributed by atoms with Gasteiger partial charge in [0.25, 0.3) is 0 Å². The molecule has 0 fully saturated rings. The van der Waals surface area contributed by atoms with Crippen LogP contribution in [0.2, 0.25) is 5.02 Å². The summed E-state index contributed by atoms with van der Waals surface area (Å²) in [6, 6.07) is 3.56. The Morgan fingerprint density at radius 3 is 2.62 bits per heavy atom. The molecule has 0 aliphatic rings. The van der Waals surface area contributed by atoms with E-state index in [2.05, 4.69) is 27.8 Å². The fourth-order valence-electron chi connectivity index (χ4n) is 1.90. The van der Waals surface area contributed by atoms with Crippen molar-refractivity contribution in [3.8, 4) is 11.5 Å². The van der Waals surface area contributed by atoms with Gasteiger partial charge in [-0.05, 0) is 28.5 Å². The molecular formula is C13H18ClN5O2. The first-order valence-electron chi connectivity index (χ1n) is 6.60. The zero-order valence-electron chi connectivity index (χ0n) is 12.3. The molecule has 2 rings (SSSR count). The van der Waals surface area contributed by atoms with E-state index in [4.69, 9.17) is 21.1 Å². The Kier molecular flexibility index (Phi) is 5.21. The number of methoxy groups -OCH3 is 2. The lowest BCUT2D eigenvalue weighted by Crippen LogP contribution is -2.09. The maximum atomic E-state index is 6.24. The monoisotopic (exact) mass is 311 g/mol. The minimum atomic E-state index is 0.489. The lowest BCUT2D eigenvalue weighted by Gasteiger charge is -2.12. The van der Waals surface area contributed by atoms with Crippen LogP contribution in [0, 0.1) is 0 Å². The van der Waals surface area contributed by atoms with Crippen LogP contribution >= 0.6 is 11.6 Å². The van der Waals surface area contributed by atoms with E-state index in [1.165, 1.54) is 0 Å². The van der Waals surface area contributed by atoms with Gasteiger partial charge in [-0.2, -0.15) is 0 Å². The van der Waals surface area contributed by atoms with Crippen molar-refractivity contribution in [2.75, 3.05) is 19.5 Å². The van der Waals surface area contributed by atoms with Crippen LogP contribution in [0.4, 0.5) is 5.95 Å². The Labute approximate surface area is 128 Å². The average Bonchev–Trinajstić information content (AvgIpc) is 2.93. The zero-order valence-corrected chi connectivity index (χ0v) is 13.0. The number of halogens is 1. The molecule has 0 saturated heterocycles. The molecule has 0 amide bonds. The molecule has 0 radical (unpaired) electrons. The maximum Gasteiger partial charge on any atom is 0.243 e. The fourth-order valence-corrected chi connectivity index (χ4v) is 2.12. The largest absolute Gasteiger partial charge is 0.493 e. The van der Waals surface area contributed by atoms with Gasteiger partial charge in [-0.1, -0.05) is 23.6 Å². The standard InChI is InChI=1S/C13H18ClN5O2/c1-4-5-19-13(16-17-18-19)15-8-9-6-11(20-2)12(21-3)7-10(9)14/h6-7H,4-5,8H2,1-3H3,(H,15,16,18). The van der Waals surface area contributed by atoms with E-state index in [1.807, 2.05) is 6.07 Å². The smallest absolute Gasteiger partial charge is 0.243 e. The van der Waals surface area contributed by atoms with Gasteiger partial charge < -0.3 is 14.8 Å². The number of rotatable bonds is 7. The van der Waals surface area contributed by atoms with E-state index in [-0.39, 0.29) is 0 Å². The molecule has 1 aromatic heterocycles. The van der Waals surface area contributed by atoms with Crippen LogP contribution in [0.15, 0.2) is 12.1 Å². The van der Waals surface area contributed by atoms with Gasteiger partial charge in [-0.3, -0.25) is 0 Å². The minimum Gasteiger partial charge on any atom is -0.493 e. The quantitative estimate of drug-likeness (QED) is 0.846. The second-order valence-electron chi connectivity index (χ2n) is 4.38. The molecule has 21 heavy (non-hydrogen) atoms. The molecule has 0 atom stereocenters. The van der Waals surface area contributed by atoms with Crippen molar-refractivity contribution < 1.29 is 9.47 Å². The van der Waals surface area contributed by atoms with Crippen LogP contribution in [0.1, 0.15) is 18.9 Å². The Morgan fingerprint density at radius 2 is 1.95 bits per heavy atom. The van der Waals surface area contributed by atoms with Gasteiger partial charge >= 0.3 is 0 Å². The van der Waals surface area contributed by atoms with Crippen molar-refractivity contribution in [1.29, 1.82) is 0 Å². The molecule has 114 valence electrons. The summed E-state index contributed by atoms with van der Waals surface area (Å²) < 4.78 is 12.2. The maximum absolute atomic E-state index is 6.24. The van der Waals surface area contributed by atoms with Crippen LogP contribution in [0.25, 0.3) is 0 Å². The molecule has 1 heterocycles. The second kappa shape index (κ2) is 7.12. The predicted molar refractivity (Wildman–Crippen MR) is 80.0 cm³/mol. The van der Waals surface area contributed by atoms with Crippen molar-refractivity contribution in [1.82, 2.24) is 20.2 Å². The molecule has 1 N–H and O–H groups in total. The molecule has 0 spiro atoms. The van der Waals surface area contributed by atoms with Crippen LogP contribution < -0.4 is 14.8 Å². The van der Waals surface area contributed by atoms with E-state index in [9.17, 15) is 0 Å². The van der Waals surface area contributed by atoms with Gasteiger partial charge in [0, 0.05) is 24.2 Å². The van der Waals surface area contributed by atoms with Gasteiger partial charge in [0.05, 0.1) is 14.2 Å². The number of hydrogen-bond acceptors (Lipinski definition) is 6. The van der Waals surface area contributed by atoms with Crippen LogP contribution in [0.5, 0.6) is 11.5 Å². The summed E-state index contributed by atoms with van der Waals surface area (Å²) >= 11 is 6.24. The Balaban J connectivity index is 2.14. The number of nitrogens with zero attached hydrogens (tertiary/aromatic N) is 4. The van der Waals surface area contributed by atoms with E-state index in [1.54, 1.807) is 25.0 Å². The summed E-state index contributed by atoms with van der Waals surface area (Å²) in [6.45, 7) is 3.31. The first-order valence-corrected chi connectivity index (χ1v) is 6.97. The van der Waals surface area contributed by atoms with Crippen LogP contribution in [0.3, 0.4) is 0 Å². The Morgan fingerprint density at radius 1 is 1.24 bits per heavy atom. The highest BCUT2D eigenvalue weighted by atomic mass is 35.5. The second-order valence-corrected chi connectivity index (χ2v) is 4.78. The Bertz CT molecular complexity index is 602. The number of anilines is 1. The van der Waals surface area contributed by atoms with Crippen LogP contribution in [-0.2, 0) is 13.1 Å². The first-order chi connectivity index (χ1) is 10.2. The van der Waals surface area contributed by atoms with Crippen molar-refractivity contribution in [3.63, 3.8) is 0 Å². The van der Waals surface area contributed by atoms with E-state index in [0.717, 1.165) is 18.5 Å². The Hall–Kier alpha value is -2.02. The van der Waals surface area contributed by atoms with Crippen molar-refractivity contribution in [2.24, 2.45) is 0 Å². The first kappa shape index (κ1) is 15.4. The molecule has 2 aromatic rings. The third kappa shape index (κ3) is 3.55. The van der Waals surface area contributed by atoms with Crippen molar-refractivity contribution in [3.05, 3.63) is 22.7 Å². The van der Waals surface area contributed by atoms with Crippen molar-refractivity contribution >= 4 is 17.5 Å². The molecule has 1 aromatic carbocycles. The molecule has 0 unspecified atom stereocenters. The fraction of sp³-hybridized carbons (Fsp3) is 0.462. The highest BCUT2D eigenvalue weighted by molar-refractivity contribution is 6.31. The molecule has 0 bridgehead atoms. The molecule has 7 nitrogen and oxygen atoms in total. The van der Waals surface area contributed by atoms with E-state index in [0.29, 0.717) is 29.0 Å².